The maximum absolute atomic E-state index is 13.4. The maximum atomic E-state index is 13.4. The summed E-state index contributed by atoms with van der Waals surface area (Å²) in [7, 11) is -5.58. The second-order valence-electron chi connectivity index (χ2n) is 12.5. The van der Waals surface area contributed by atoms with Crippen molar-refractivity contribution >= 4 is 81.1 Å². The monoisotopic (exact) mass is 763 g/mol. The molecule has 11 nitrogen and oxygen atoms in total. The summed E-state index contributed by atoms with van der Waals surface area (Å²) in [5.41, 5.74) is 2.11. The Morgan fingerprint density at radius 1 is 0.898 bits per heavy atom. The Kier molecular flexibility index (Phi) is 10.5. The molecule has 0 saturated carbocycles. The molecule has 255 valence electrons. The van der Waals surface area contributed by atoms with Gasteiger partial charge in [-0.15, -0.1) is 0 Å². The first-order valence-corrected chi connectivity index (χ1v) is 20.9. The normalized spacial score (nSPS) is 13.2. The quantitative estimate of drug-likeness (QED) is 0.0868. The molecule has 0 saturated heterocycles. The van der Waals surface area contributed by atoms with Crippen LogP contribution in [0.15, 0.2) is 91.1 Å². The number of carbonyl (C=O) groups is 1. The molecule has 0 aliphatic heterocycles. The van der Waals surface area contributed by atoms with Gasteiger partial charge in [0.05, 0.1) is 12.4 Å². The number of pyridine rings is 1. The van der Waals surface area contributed by atoms with Gasteiger partial charge in [0.25, 0.3) is 0 Å². The minimum absolute atomic E-state index is 0.165. The average Bonchev–Trinajstić information content (AvgIpc) is 3.00. The number of anilines is 4. The van der Waals surface area contributed by atoms with Crippen molar-refractivity contribution in [2.24, 2.45) is 0 Å². The predicted molar refractivity (Wildman–Crippen MR) is 198 cm³/mol. The van der Waals surface area contributed by atoms with Crippen LogP contribution in [-0.4, -0.2) is 58.8 Å². The van der Waals surface area contributed by atoms with E-state index in [9.17, 15) is 22.7 Å². The molecule has 49 heavy (non-hydrogen) atoms. The summed E-state index contributed by atoms with van der Waals surface area (Å²) >= 11 is -0.986. The van der Waals surface area contributed by atoms with Crippen LogP contribution in [0.1, 0.15) is 26.3 Å². The van der Waals surface area contributed by atoms with Crippen molar-refractivity contribution in [2.45, 2.75) is 26.2 Å². The summed E-state index contributed by atoms with van der Waals surface area (Å²) in [6, 6.07) is 25.0. The molecule has 1 unspecified atom stereocenters. The molecule has 0 fully saturated rings. The van der Waals surface area contributed by atoms with Crippen molar-refractivity contribution in [3.8, 4) is 17.2 Å². The second kappa shape index (κ2) is 14.3. The van der Waals surface area contributed by atoms with Gasteiger partial charge in [-0.2, -0.15) is 0 Å². The van der Waals surface area contributed by atoms with E-state index in [4.69, 9.17) is 9.47 Å². The standard InChI is InChI=1S/C35H37AsN4O7PS/c1-35(2,3)22-17-24(19-25(18-22)40-49(6,44)45)39-34(41)36-29-12-13-30(28-10-8-7-9-27(28)29)47-26-15-16-37-33(21-26)38-23-11-14-32(48(5,42)43)31(20-23)46-4/h7-21,40H,1-6H3,(H,37,38)(H,39,41)(H,42,43). The third-order valence-corrected chi connectivity index (χ3v) is 11.1. The Bertz CT molecular complexity index is 2200. The summed E-state index contributed by atoms with van der Waals surface area (Å²) in [6.07, 6.45) is 2.70. The van der Waals surface area contributed by atoms with Gasteiger partial charge in [0.2, 0.25) is 7.37 Å². The first kappa shape index (κ1) is 36.0. The Hall–Kier alpha value is -4.34. The molecule has 1 heterocycles. The number of ether oxygens (including phenoxy) is 2. The van der Waals surface area contributed by atoms with E-state index in [2.05, 4.69) is 20.3 Å². The van der Waals surface area contributed by atoms with Crippen molar-refractivity contribution in [2.75, 3.05) is 35.4 Å². The molecule has 4 N–H and O–H groups in total. The van der Waals surface area contributed by atoms with Crippen LogP contribution in [-0.2, 0) is 20.0 Å². The summed E-state index contributed by atoms with van der Waals surface area (Å²) in [5.74, 6) is 1.90. The number of sulfonamides is 1. The number of benzene rings is 4. The number of methoxy groups -OCH3 is 1. The minimum atomic E-state index is -3.51. The molecule has 0 bridgehead atoms. The summed E-state index contributed by atoms with van der Waals surface area (Å²) in [5, 5.41) is 8.10. The third-order valence-electron chi connectivity index (χ3n) is 7.29. The number of carbonyl (C=O) groups excluding carboxylic acids is 1. The fourth-order valence-electron chi connectivity index (χ4n) is 5.02. The first-order valence-electron chi connectivity index (χ1n) is 15.1. The number of hydrogen-bond donors (Lipinski definition) is 4. The van der Waals surface area contributed by atoms with Crippen molar-refractivity contribution in [3.63, 3.8) is 0 Å². The molecule has 0 spiro atoms. The van der Waals surface area contributed by atoms with Gasteiger partial charge in [-0.3, -0.25) is 4.57 Å². The molecule has 0 aliphatic rings. The molecule has 5 aromatic rings. The summed E-state index contributed by atoms with van der Waals surface area (Å²) in [6.45, 7) is 7.32. The Balaban J connectivity index is 1.35. The van der Waals surface area contributed by atoms with E-state index in [-0.39, 0.29) is 15.4 Å². The molecule has 1 aromatic heterocycles. The molecule has 14 heteroatoms. The van der Waals surface area contributed by atoms with Gasteiger partial charge >= 0.3 is 253 Å². The van der Waals surface area contributed by atoms with E-state index >= 15 is 0 Å². The number of hydrogen-bond acceptors (Lipinski definition) is 8. The molecule has 0 aliphatic carbocycles. The topological polar surface area (TPSA) is 156 Å². The van der Waals surface area contributed by atoms with Crippen molar-refractivity contribution < 1.29 is 32.1 Å². The molecular weight excluding hydrogens is 726 g/mol. The van der Waals surface area contributed by atoms with Crippen molar-refractivity contribution in [1.29, 1.82) is 0 Å². The molecule has 1 atom stereocenters. The summed E-state index contributed by atoms with van der Waals surface area (Å²) in [4.78, 5) is 27.8. The molecule has 5 rings (SSSR count). The van der Waals surface area contributed by atoms with Crippen LogP contribution >= 0.6 is 7.37 Å². The number of nitrogens with one attached hydrogen (secondary N) is 3. The second-order valence-corrected chi connectivity index (χ2v) is 18.8. The van der Waals surface area contributed by atoms with Crippen LogP contribution in [0.3, 0.4) is 0 Å². The van der Waals surface area contributed by atoms with Gasteiger partial charge < -0.3 is 9.63 Å². The predicted octanol–water partition coefficient (Wildman–Crippen LogP) is 6.54. The van der Waals surface area contributed by atoms with Gasteiger partial charge in [0.1, 0.15) is 0 Å². The van der Waals surface area contributed by atoms with Crippen LogP contribution in [0.5, 0.6) is 17.2 Å². The van der Waals surface area contributed by atoms with Gasteiger partial charge in [0, 0.05) is 6.66 Å². The van der Waals surface area contributed by atoms with E-state index in [0.717, 1.165) is 26.9 Å². The van der Waals surface area contributed by atoms with E-state index in [1.807, 2.05) is 63.2 Å². The zero-order chi connectivity index (χ0) is 35.6. The van der Waals surface area contributed by atoms with Crippen LogP contribution in [0.4, 0.5) is 27.7 Å². The van der Waals surface area contributed by atoms with Crippen molar-refractivity contribution in [3.05, 3.63) is 96.7 Å². The van der Waals surface area contributed by atoms with E-state index < -0.39 is 33.1 Å². The van der Waals surface area contributed by atoms with Gasteiger partial charge in [0.15, 0.2) is 0 Å². The number of nitrogens with zero attached hydrogens (tertiary/aromatic N) is 1. The SMILES string of the molecule is COc1cc(Nc2cc(Oc3ccc([As]C(=O)Nc4cc(NS(C)(=O)=O)cc(C(C)(C)C)c4)c4ccccc34)ccn2)ccc1P(C)(=O)O. The van der Waals surface area contributed by atoms with E-state index in [1.54, 1.807) is 48.7 Å². The number of amides is 1. The number of rotatable bonds is 11. The van der Waals surface area contributed by atoms with E-state index in [0.29, 0.717) is 40.1 Å². The van der Waals surface area contributed by atoms with Crippen LogP contribution in [0, 0.1) is 0 Å². The van der Waals surface area contributed by atoms with E-state index in [1.165, 1.54) is 13.8 Å². The van der Waals surface area contributed by atoms with Gasteiger partial charge in [-0.1, -0.05) is 0 Å². The first-order chi connectivity index (χ1) is 23.0. The molecule has 1 radical (unpaired) electrons. The smallest absolute Gasteiger partial charge is 0.341 e. The van der Waals surface area contributed by atoms with Gasteiger partial charge in [-0.25, -0.2) is 0 Å². The fourth-order valence-corrected chi connectivity index (χ4v) is 8.31. The average molecular weight is 764 g/mol. The Labute approximate surface area is 292 Å². The fraction of sp³-hybridized carbons (Fsp3) is 0.200. The minimum Gasteiger partial charge on any atom is -0.341 e. The molecular formula is C35H37AsN4O7PS. The molecule has 1 amide bonds. The number of fused-ring (bicyclic) bond motifs is 1. The Morgan fingerprint density at radius 3 is 2.29 bits per heavy atom. The summed E-state index contributed by atoms with van der Waals surface area (Å²) < 4.78 is 50.9. The molecule has 4 aromatic carbocycles. The Morgan fingerprint density at radius 2 is 1.61 bits per heavy atom. The zero-order valence-electron chi connectivity index (χ0n) is 27.8. The van der Waals surface area contributed by atoms with Crippen LogP contribution in [0.25, 0.3) is 10.8 Å². The van der Waals surface area contributed by atoms with Gasteiger partial charge in [-0.05, 0) is 0 Å². The van der Waals surface area contributed by atoms with Crippen molar-refractivity contribution in [1.82, 2.24) is 4.98 Å². The van der Waals surface area contributed by atoms with Crippen LogP contribution < -0.4 is 34.5 Å². The number of aromatic nitrogens is 1. The van der Waals surface area contributed by atoms with Crippen LogP contribution in [0.2, 0.25) is 0 Å². The zero-order valence-corrected chi connectivity index (χ0v) is 31.4. The third kappa shape index (κ3) is 9.43.